The molecule has 0 aliphatic heterocycles. The lowest BCUT2D eigenvalue weighted by atomic mass is 10.2. The Bertz CT molecular complexity index is 1040. The second-order valence-corrected chi connectivity index (χ2v) is 7.45. The smallest absolute Gasteiger partial charge is 0.160 e. The maximum atomic E-state index is 4.89. The van der Waals surface area contributed by atoms with Gasteiger partial charge in [-0.05, 0) is 31.4 Å². The van der Waals surface area contributed by atoms with Crippen LogP contribution in [0.25, 0.3) is 22.4 Å². The van der Waals surface area contributed by atoms with Crippen LogP contribution in [0, 0.1) is 0 Å². The molecule has 4 aromatic rings. The monoisotopic (exact) mass is 358 g/mol. The molecule has 0 atom stereocenters. The largest absolute Gasteiger partial charge is 0.341 e. The molecule has 0 amide bonds. The predicted octanol–water partition coefficient (Wildman–Crippen LogP) is 4.80. The first-order valence-corrected chi connectivity index (χ1v) is 9.87. The highest BCUT2D eigenvalue weighted by molar-refractivity contribution is 7.98. The lowest BCUT2D eigenvalue weighted by molar-refractivity contribution is 0.896. The van der Waals surface area contributed by atoms with Crippen molar-refractivity contribution in [2.75, 3.05) is 0 Å². The van der Waals surface area contributed by atoms with Crippen molar-refractivity contribution >= 4 is 22.8 Å². The quantitative estimate of drug-likeness (QED) is 0.420. The summed E-state index contributed by atoms with van der Waals surface area (Å²) in [6.45, 7) is 0. The molecule has 2 aromatic heterocycles. The molecule has 0 spiro atoms. The molecule has 26 heavy (non-hydrogen) atoms. The Kier molecular flexibility index (Phi) is 3.94. The Morgan fingerprint density at radius 3 is 2.62 bits per heavy atom. The van der Waals surface area contributed by atoms with Crippen molar-refractivity contribution < 1.29 is 0 Å². The number of H-pyrrole nitrogens is 1. The van der Waals surface area contributed by atoms with Crippen LogP contribution in [0.15, 0.2) is 59.6 Å². The van der Waals surface area contributed by atoms with Gasteiger partial charge in [-0.2, -0.15) is 0 Å². The molecule has 1 N–H and O–H groups in total. The molecule has 2 aromatic carbocycles. The minimum Gasteiger partial charge on any atom is -0.341 e. The third-order valence-corrected chi connectivity index (χ3v) is 5.74. The van der Waals surface area contributed by atoms with Crippen molar-refractivity contribution in [3.8, 4) is 11.4 Å². The third-order valence-electron chi connectivity index (χ3n) is 4.71. The van der Waals surface area contributed by atoms with Gasteiger partial charge in [0.2, 0.25) is 0 Å². The molecule has 0 bridgehead atoms. The van der Waals surface area contributed by atoms with Gasteiger partial charge in [-0.15, -0.1) is 0 Å². The summed E-state index contributed by atoms with van der Waals surface area (Å²) in [7, 11) is 0. The zero-order chi connectivity index (χ0) is 17.3. The van der Waals surface area contributed by atoms with E-state index in [1.165, 1.54) is 17.7 Å². The van der Waals surface area contributed by atoms with Gasteiger partial charge in [-0.1, -0.05) is 54.2 Å². The number of fused-ring (bicyclic) bond motifs is 2. The number of aryl methyl sites for hydroxylation is 1. The van der Waals surface area contributed by atoms with Gasteiger partial charge in [0.15, 0.2) is 5.82 Å². The van der Waals surface area contributed by atoms with Crippen LogP contribution in [0.5, 0.6) is 0 Å². The van der Waals surface area contributed by atoms with Crippen molar-refractivity contribution in [2.24, 2.45) is 0 Å². The minimum absolute atomic E-state index is 0.784. The van der Waals surface area contributed by atoms with Crippen LogP contribution in [-0.4, -0.2) is 19.9 Å². The summed E-state index contributed by atoms with van der Waals surface area (Å²) in [4.78, 5) is 17.8. The summed E-state index contributed by atoms with van der Waals surface area (Å²) in [6.07, 6.45) is 3.29. The molecule has 128 valence electrons. The van der Waals surface area contributed by atoms with E-state index in [1.807, 2.05) is 36.4 Å². The number of nitrogens with zero attached hydrogens (tertiary/aromatic N) is 3. The van der Waals surface area contributed by atoms with Crippen molar-refractivity contribution in [3.05, 3.63) is 71.7 Å². The number of aromatic amines is 1. The van der Waals surface area contributed by atoms with E-state index in [2.05, 4.69) is 28.2 Å². The van der Waals surface area contributed by atoms with Crippen LogP contribution >= 0.6 is 11.8 Å². The number of hydrogen-bond acceptors (Lipinski definition) is 4. The van der Waals surface area contributed by atoms with E-state index in [9.17, 15) is 0 Å². The van der Waals surface area contributed by atoms with Gasteiger partial charge in [-0.25, -0.2) is 15.0 Å². The second kappa shape index (κ2) is 6.57. The molecule has 0 fully saturated rings. The summed E-state index contributed by atoms with van der Waals surface area (Å²) in [5.41, 5.74) is 5.71. The average molecular weight is 358 g/mol. The summed E-state index contributed by atoms with van der Waals surface area (Å²) in [5, 5.41) is 1.10. The first-order valence-electron chi connectivity index (χ1n) is 8.88. The highest BCUT2D eigenvalue weighted by atomic mass is 32.2. The molecular weight excluding hydrogens is 340 g/mol. The number of aromatic nitrogens is 4. The maximum absolute atomic E-state index is 4.89. The zero-order valence-electron chi connectivity index (χ0n) is 14.3. The Morgan fingerprint density at radius 2 is 1.73 bits per heavy atom. The van der Waals surface area contributed by atoms with Crippen LogP contribution in [0.3, 0.4) is 0 Å². The summed E-state index contributed by atoms with van der Waals surface area (Å²) >= 11 is 1.76. The fraction of sp³-hybridized carbons (Fsp3) is 0.190. The molecule has 5 heteroatoms. The number of benzene rings is 2. The zero-order valence-corrected chi connectivity index (χ0v) is 15.1. The number of hydrogen-bond donors (Lipinski definition) is 1. The van der Waals surface area contributed by atoms with Gasteiger partial charge in [0, 0.05) is 16.8 Å². The molecule has 0 unspecified atom stereocenters. The highest BCUT2D eigenvalue weighted by Crippen LogP contribution is 2.33. The number of thioether (sulfide) groups is 1. The van der Waals surface area contributed by atoms with E-state index >= 15 is 0 Å². The Balaban J connectivity index is 1.47. The van der Waals surface area contributed by atoms with Crippen molar-refractivity contribution in [1.82, 2.24) is 19.9 Å². The van der Waals surface area contributed by atoms with E-state index in [1.54, 1.807) is 11.8 Å². The van der Waals surface area contributed by atoms with Gasteiger partial charge in [0.05, 0.1) is 16.8 Å². The number of para-hydroxylation sites is 2. The topological polar surface area (TPSA) is 54.5 Å². The van der Waals surface area contributed by atoms with Crippen LogP contribution < -0.4 is 0 Å². The minimum atomic E-state index is 0.784. The van der Waals surface area contributed by atoms with Crippen LogP contribution in [0.2, 0.25) is 0 Å². The Labute approximate surface area is 156 Å². The molecule has 0 saturated heterocycles. The van der Waals surface area contributed by atoms with Crippen LogP contribution in [-0.2, 0) is 18.6 Å². The molecule has 1 aliphatic carbocycles. The highest BCUT2D eigenvalue weighted by Gasteiger charge is 2.20. The molecule has 0 radical (unpaired) electrons. The van der Waals surface area contributed by atoms with Gasteiger partial charge in [0.25, 0.3) is 0 Å². The number of nitrogens with one attached hydrogen (secondary N) is 1. The first kappa shape index (κ1) is 15.6. The van der Waals surface area contributed by atoms with Crippen molar-refractivity contribution in [3.63, 3.8) is 0 Å². The van der Waals surface area contributed by atoms with E-state index < -0.39 is 0 Å². The third kappa shape index (κ3) is 2.88. The average Bonchev–Trinajstić information content (AvgIpc) is 3.33. The normalized spacial score (nSPS) is 13.2. The lowest BCUT2D eigenvalue weighted by Crippen LogP contribution is -2.00. The molecule has 4 nitrogen and oxygen atoms in total. The van der Waals surface area contributed by atoms with Crippen LogP contribution in [0.1, 0.15) is 23.5 Å². The van der Waals surface area contributed by atoms with E-state index in [4.69, 9.17) is 9.97 Å². The lowest BCUT2D eigenvalue weighted by Gasteiger charge is -2.09. The summed E-state index contributed by atoms with van der Waals surface area (Å²) in [6, 6.07) is 18.4. The number of imidazole rings is 1. The van der Waals surface area contributed by atoms with Gasteiger partial charge in [-0.3, -0.25) is 0 Å². The standard InChI is InChI=1S/C21H18N4S/c1-2-7-14(8-3-1)20-24-16-12-6-9-15(16)21(25-20)26-13-19-22-17-10-4-5-11-18(17)23-19/h1-5,7-8,10-11H,6,9,12-13H2,(H,22,23). The van der Waals surface area contributed by atoms with E-state index in [-0.39, 0.29) is 0 Å². The van der Waals surface area contributed by atoms with Crippen molar-refractivity contribution in [2.45, 2.75) is 30.0 Å². The molecular formula is C21H18N4S. The van der Waals surface area contributed by atoms with Crippen LogP contribution in [0.4, 0.5) is 0 Å². The molecule has 5 rings (SSSR count). The Hall–Kier alpha value is -2.66. The second-order valence-electron chi connectivity index (χ2n) is 6.49. The van der Waals surface area contributed by atoms with Gasteiger partial charge < -0.3 is 4.98 Å². The predicted molar refractivity (Wildman–Crippen MR) is 105 cm³/mol. The fourth-order valence-electron chi connectivity index (χ4n) is 3.44. The van der Waals surface area contributed by atoms with Crippen molar-refractivity contribution in [1.29, 1.82) is 0 Å². The molecule has 2 heterocycles. The summed E-state index contributed by atoms with van der Waals surface area (Å²) < 4.78 is 0. The fourth-order valence-corrected chi connectivity index (χ4v) is 4.40. The molecule has 1 aliphatic rings. The SMILES string of the molecule is c1ccc(-c2nc3c(c(SCc4nc5ccccc5[nH]4)n2)CCC3)cc1. The van der Waals surface area contributed by atoms with Gasteiger partial charge >= 0.3 is 0 Å². The maximum Gasteiger partial charge on any atom is 0.160 e. The number of rotatable bonds is 4. The summed E-state index contributed by atoms with van der Waals surface area (Å²) in [5.74, 6) is 2.60. The molecule has 0 saturated carbocycles. The van der Waals surface area contributed by atoms with E-state index in [0.717, 1.165) is 51.9 Å². The van der Waals surface area contributed by atoms with E-state index in [0.29, 0.717) is 0 Å². The first-order chi connectivity index (χ1) is 12.9. The van der Waals surface area contributed by atoms with Gasteiger partial charge in [0.1, 0.15) is 10.9 Å². The Morgan fingerprint density at radius 1 is 0.885 bits per heavy atom.